The summed E-state index contributed by atoms with van der Waals surface area (Å²) in [6, 6.07) is 8.03. The van der Waals surface area contributed by atoms with Crippen molar-refractivity contribution in [2.24, 2.45) is 5.92 Å². The van der Waals surface area contributed by atoms with Crippen LogP contribution in [0.15, 0.2) is 28.7 Å². The zero-order valence-corrected chi connectivity index (χ0v) is 11.7. The van der Waals surface area contributed by atoms with Gasteiger partial charge >= 0.3 is 0 Å². The second-order valence-corrected chi connectivity index (χ2v) is 5.73. The van der Waals surface area contributed by atoms with Crippen LogP contribution in [0.5, 0.6) is 0 Å². The van der Waals surface area contributed by atoms with E-state index in [2.05, 4.69) is 21.2 Å². The third-order valence-corrected chi connectivity index (χ3v) is 3.77. The Morgan fingerprint density at radius 2 is 2.06 bits per heavy atom. The smallest absolute Gasteiger partial charge is 0.138 e. The van der Waals surface area contributed by atoms with E-state index in [1.54, 1.807) is 6.92 Å². The van der Waals surface area contributed by atoms with Crippen LogP contribution in [0.25, 0.3) is 0 Å². The lowest BCUT2D eigenvalue weighted by Crippen LogP contribution is -2.27. The van der Waals surface area contributed by atoms with Gasteiger partial charge in [0.15, 0.2) is 0 Å². The Morgan fingerprint density at radius 1 is 1.41 bits per heavy atom. The summed E-state index contributed by atoms with van der Waals surface area (Å²) in [5.41, 5.74) is 1.10. The fraction of sp³-hybridized carbons (Fsp3) is 0.500. The van der Waals surface area contributed by atoms with Crippen molar-refractivity contribution in [2.75, 3.05) is 13.1 Å². The van der Waals surface area contributed by atoms with Crippen LogP contribution in [0, 0.1) is 5.92 Å². The van der Waals surface area contributed by atoms with E-state index in [4.69, 9.17) is 0 Å². The zero-order valence-electron chi connectivity index (χ0n) is 10.1. The molecule has 0 heterocycles. The van der Waals surface area contributed by atoms with E-state index in [9.17, 15) is 4.79 Å². The summed E-state index contributed by atoms with van der Waals surface area (Å²) in [6.07, 6.45) is 2.69. The molecule has 1 N–H and O–H groups in total. The number of carbonyl (C=O) groups is 1. The van der Waals surface area contributed by atoms with Gasteiger partial charge in [-0.1, -0.05) is 28.1 Å². The molecule has 0 spiro atoms. The highest BCUT2D eigenvalue weighted by Crippen LogP contribution is 2.28. The van der Waals surface area contributed by atoms with Gasteiger partial charge in [0.05, 0.1) is 5.92 Å². The molecule has 0 aromatic heterocycles. The van der Waals surface area contributed by atoms with E-state index in [0.29, 0.717) is 0 Å². The molecule has 1 aliphatic carbocycles. The van der Waals surface area contributed by atoms with Crippen LogP contribution in [0.3, 0.4) is 0 Å². The van der Waals surface area contributed by atoms with E-state index in [1.165, 1.54) is 12.8 Å². The van der Waals surface area contributed by atoms with Crippen LogP contribution in [0.1, 0.15) is 31.2 Å². The van der Waals surface area contributed by atoms with Gasteiger partial charge in [0.2, 0.25) is 0 Å². The van der Waals surface area contributed by atoms with Crippen LogP contribution in [-0.2, 0) is 4.79 Å². The predicted octanol–water partition coefficient (Wildman–Crippen LogP) is 3.12. The van der Waals surface area contributed by atoms with Gasteiger partial charge in [-0.2, -0.15) is 0 Å². The molecule has 0 amide bonds. The van der Waals surface area contributed by atoms with Crippen LogP contribution < -0.4 is 5.32 Å². The predicted molar refractivity (Wildman–Crippen MR) is 73.2 cm³/mol. The number of ketones is 1. The number of nitrogens with one attached hydrogen (secondary N) is 1. The molecule has 17 heavy (non-hydrogen) atoms. The van der Waals surface area contributed by atoms with Gasteiger partial charge in [-0.05, 0) is 49.9 Å². The Morgan fingerprint density at radius 3 is 2.59 bits per heavy atom. The van der Waals surface area contributed by atoms with Gasteiger partial charge < -0.3 is 5.32 Å². The first kappa shape index (κ1) is 12.8. The minimum atomic E-state index is -0.0122. The lowest BCUT2D eigenvalue weighted by molar-refractivity contribution is -0.118. The lowest BCUT2D eigenvalue weighted by Gasteiger charge is -2.15. The van der Waals surface area contributed by atoms with Crippen molar-refractivity contribution in [1.29, 1.82) is 0 Å². The molecule has 1 saturated carbocycles. The van der Waals surface area contributed by atoms with E-state index < -0.39 is 0 Å². The average Bonchev–Trinajstić information content (AvgIpc) is 3.09. The number of benzene rings is 1. The first-order valence-electron chi connectivity index (χ1n) is 6.13. The van der Waals surface area contributed by atoms with Crippen molar-refractivity contribution < 1.29 is 4.79 Å². The first-order valence-corrected chi connectivity index (χ1v) is 6.92. The highest BCUT2D eigenvalue weighted by molar-refractivity contribution is 9.10. The van der Waals surface area contributed by atoms with Gasteiger partial charge in [-0.3, -0.25) is 4.79 Å². The minimum Gasteiger partial charge on any atom is -0.315 e. The Kier molecular flexibility index (Phi) is 4.35. The number of hydrogen-bond donors (Lipinski definition) is 1. The minimum absolute atomic E-state index is 0.0122. The molecule has 0 saturated heterocycles. The van der Waals surface area contributed by atoms with Crippen LogP contribution in [0.2, 0.25) is 0 Å². The van der Waals surface area contributed by atoms with Crippen molar-refractivity contribution in [1.82, 2.24) is 5.32 Å². The van der Waals surface area contributed by atoms with Crippen molar-refractivity contribution in [2.45, 2.75) is 25.7 Å². The quantitative estimate of drug-likeness (QED) is 0.874. The van der Waals surface area contributed by atoms with Crippen LogP contribution in [0.4, 0.5) is 0 Å². The SMILES string of the molecule is CC(=O)[C@H](CNCC1CC1)c1ccc(Br)cc1. The molecule has 2 rings (SSSR count). The van der Waals surface area contributed by atoms with E-state index >= 15 is 0 Å². The highest BCUT2D eigenvalue weighted by atomic mass is 79.9. The van der Waals surface area contributed by atoms with Gasteiger partial charge in [0.1, 0.15) is 5.78 Å². The van der Waals surface area contributed by atoms with Crippen LogP contribution >= 0.6 is 15.9 Å². The Balaban J connectivity index is 1.95. The van der Waals surface area contributed by atoms with Crippen LogP contribution in [-0.4, -0.2) is 18.9 Å². The fourth-order valence-corrected chi connectivity index (χ4v) is 2.21. The summed E-state index contributed by atoms with van der Waals surface area (Å²) < 4.78 is 1.05. The Bertz CT molecular complexity index is 384. The molecule has 1 atom stereocenters. The van der Waals surface area contributed by atoms with Gasteiger partial charge in [-0.15, -0.1) is 0 Å². The molecule has 0 radical (unpaired) electrons. The second-order valence-electron chi connectivity index (χ2n) is 4.82. The van der Waals surface area contributed by atoms with Crippen molar-refractivity contribution in [3.8, 4) is 0 Å². The third-order valence-electron chi connectivity index (χ3n) is 3.24. The molecule has 92 valence electrons. The number of rotatable bonds is 6. The average molecular weight is 296 g/mol. The Hall–Kier alpha value is -0.670. The molecule has 1 aromatic rings. The van der Waals surface area contributed by atoms with Crippen molar-refractivity contribution in [3.05, 3.63) is 34.3 Å². The van der Waals surface area contributed by atoms with E-state index in [-0.39, 0.29) is 11.7 Å². The summed E-state index contributed by atoms with van der Waals surface area (Å²) >= 11 is 3.41. The largest absolute Gasteiger partial charge is 0.315 e. The molecular weight excluding hydrogens is 278 g/mol. The zero-order chi connectivity index (χ0) is 12.3. The standard InChI is InChI=1S/C14H18BrNO/c1-10(17)14(9-16-8-11-2-3-11)12-4-6-13(15)7-5-12/h4-7,11,14,16H,2-3,8-9H2,1H3/t14-/m0/s1. The van der Waals surface area contributed by atoms with Gasteiger partial charge in [0, 0.05) is 11.0 Å². The topological polar surface area (TPSA) is 29.1 Å². The van der Waals surface area contributed by atoms with E-state index in [0.717, 1.165) is 29.0 Å². The highest BCUT2D eigenvalue weighted by Gasteiger charge is 2.22. The summed E-state index contributed by atoms with van der Waals surface area (Å²) in [5, 5.41) is 3.41. The summed E-state index contributed by atoms with van der Waals surface area (Å²) in [7, 11) is 0. The summed E-state index contributed by atoms with van der Waals surface area (Å²) in [4.78, 5) is 11.7. The lowest BCUT2D eigenvalue weighted by atomic mass is 9.95. The molecule has 3 heteroatoms. The third kappa shape index (κ3) is 3.93. The van der Waals surface area contributed by atoms with Crippen molar-refractivity contribution in [3.63, 3.8) is 0 Å². The van der Waals surface area contributed by atoms with Gasteiger partial charge in [0.25, 0.3) is 0 Å². The summed E-state index contributed by atoms with van der Waals surface area (Å²) in [6.45, 7) is 3.49. The molecular formula is C14H18BrNO. The maximum atomic E-state index is 11.7. The maximum absolute atomic E-state index is 11.7. The van der Waals surface area contributed by atoms with Gasteiger partial charge in [-0.25, -0.2) is 0 Å². The number of hydrogen-bond acceptors (Lipinski definition) is 2. The van der Waals surface area contributed by atoms with Crippen molar-refractivity contribution >= 4 is 21.7 Å². The first-order chi connectivity index (χ1) is 8.16. The molecule has 1 fully saturated rings. The maximum Gasteiger partial charge on any atom is 0.138 e. The molecule has 2 nitrogen and oxygen atoms in total. The molecule has 1 aromatic carbocycles. The fourth-order valence-electron chi connectivity index (χ4n) is 1.95. The molecule has 0 bridgehead atoms. The normalized spacial score (nSPS) is 16.8. The summed E-state index contributed by atoms with van der Waals surface area (Å²) in [5.74, 6) is 1.07. The number of Topliss-reactive ketones (excluding diaryl/α,β-unsaturated/α-hetero) is 1. The second kappa shape index (κ2) is 5.78. The number of halogens is 1. The molecule has 0 aliphatic heterocycles. The monoisotopic (exact) mass is 295 g/mol. The Labute approximate surface area is 111 Å². The molecule has 1 aliphatic rings. The number of carbonyl (C=O) groups excluding carboxylic acids is 1. The molecule has 0 unspecified atom stereocenters. The van der Waals surface area contributed by atoms with E-state index in [1.807, 2.05) is 24.3 Å².